The summed E-state index contributed by atoms with van der Waals surface area (Å²) in [6, 6.07) is 17.6. The number of aryl methyl sites for hydroxylation is 1. The fourth-order valence-corrected chi connectivity index (χ4v) is 3.21. The third-order valence-electron chi connectivity index (χ3n) is 4.73. The summed E-state index contributed by atoms with van der Waals surface area (Å²) in [7, 11) is 0. The van der Waals surface area contributed by atoms with Crippen LogP contribution in [0.5, 0.6) is 0 Å². The van der Waals surface area contributed by atoms with Gasteiger partial charge in [-0.1, -0.05) is 60.2 Å². The SMILES string of the molecule is Cc1cccc(C(C)(O)C(=O)OC2CCN(Cc3ccccc3)C2)c1. The first kappa shape index (κ1) is 17.6. The number of hydrogen-bond donors (Lipinski definition) is 1. The number of carbonyl (C=O) groups is 1. The molecule has 4 nitrogen and oxygen atoms in total. The number of aliphatic hydroxyl groups is 1. The summed E-state index contributed by atoms with van der Waals surface area (Å²) < 4.78 is 5.61. The lowest BCUT2D eigenvalue weighted by atomic mass is 9.95. The molecule has 0 aromatic heterocycles. The van der Waals surface area contributed by atoms with Gasteiger partial charge in [-0.05, 0) is 31.4 Å². The molecule has 1 N–H and O–H groups in total. The van der Waals surface area contributed by atoms with Crippen molar-refractivity contribution in [1.82, 2.24) is 4.90 Å². The van der Waals surface area contributed by atoms with E-state index in [4.69, 9.17) is 4.74 Å². The monoisotopic (exact) mass is 339 g/mol. The normalized spacial score (nSPS) is 20.2. The Morgan fingerprint density at radius 1 is 1.24 bits per heavy atom. The molecule has 1 saturated heterocycles. The second-order valence-electron chi connectivity index (χ2n) is 6.98. The van der Waals surface area contributed by atoms with Crippen LogP contribution in [0.25, 0.3) is 0 Å². The number of ether oxygens (including phenoxy) is 1. The zero-order chi connectivity index (χ0) is 17.9. The van der Waals surface area contributed by atoms with Crippen LogP contribution in [0.15, 0.2) is 54.6 Å². The molecule has 0 spiro atoms. The van der Waals surface area contributed by atoms with Crippen molar-refractivity contribution in [1.29, 1.82) is 0 Å². The van der Waals surface area contributed by atoms with Crippen molar-refractivity contribution in [2.75, 3.05) is 13.1 Å². The molecule has 2 aromatic rings. The van der Waals surface area contributed by atoms with E-state index in [0.29, 0.717) is 12.1 Å². The average Bonchev–Trinajstić information content (AvgIpc) is 3.02. The van der Waals surface area contributed by atoms with E-state index in [1.807, 2.05) is 43.3 Å². The lowest BCUT2D eigenvalue weighted by Gasteiger charge is -2.24. The second-order valence-corrected chi connectivity index (χ2v) is 6.98. The number of benzene rings is 2. The largest absolute Gasteiger partial charge is 0.459 e. The summed E-state index contributed by atoms with van der Waals surface area (Å²) in [6.45, 7) is 5.87. The van der Waals surface area contributed by atoms with E-state index in [1.165, 1.54) is 12.5 Å². The molecule has 0 saturated carbocycles. The van der Waals surface area contributed by atoms with Gasteiger partial charge in [0.05, 0.1) is 0 Å². The van der Waals surface area contributed by atoms with E-state index in [0.717, 1.165) is 25.1 Å². The molecular weight excluding hydrogens is 314 g/mol. The average molecular weight is 339 g/mol. The smallest absolute Gasteiger partial charge is 0.342 e. The highest BCUT2D eigenvalue weighted by Crippen LogP contribution is 2.25. The number of rotatable bonds is 5. The summed E-state index contributed by atoms with van der Waals surface area (Å²) in [5.74, 6) is -0.579. The Morgan fingerprint density at radius 2 is 2.00 bits per heavy atom. The van der Waals surface area contributed by atoms with Crippen molar-refractivity contribution >= 4 is 5.97 Å². The molecule has 3 rings (SSSR count). The van der Waals surface area contributed by atoms with E-state index in [9.17, 15) is 9.90 Å². The van der Waals surface area contributed by atoms with Gasteiger partial charge in [0.1, 0.15) is 6.10 Å². The Labute approximate surface area is 149 Å². The molecule has 1 aliphatic heterocycles. The van der Waals surface area contributed by atoms with E-state index < -0.39 is 11.6 Å². The van der Waals surface area contributed by atoms with Crippen LogP contribution >= 0.6 is 0 Å². The van der Waals surface area contributed by atoms with E-state index in [-0.39, 0.29) is 6.10 Å². The molecule has 25 heavy (non-hydrogen) atoms. The minimum Gasteiger partial charge on any atom is -0.459 e. The first-order valence-electron chi connectivity index (χ1n) is 8.72. The topological polar surface area (TPSA) is 49.8 Å². The summed E-state index contributed by atoms with van der Waals surface area (Å²) >= 11 is 0. The van der Waals surface area contributed by atoms with E-state index >= 15 is 0 Å². The Morgan fingerprint density at radius 3 is 2.72 bits per heavy atom. The number of likely N-dealkylation sites (tertiary alicyclic amines) is 1. The van der Waals surface area contributed by atoms with Gasteiger partial charge < -0.3 is 9.84 Å². The molecule has 1 fully saturated rings. The number of esters is 1. The molecule has 2 aromatic carbocycles. The number of nitrogens with zero attached hydrogens (tertiary/aromatic N) is 1. The molecule has 1 aliphatic rings. The van der Waals surface area contributed by atoms with Crippen molar-refractivity contribution < 1.29 is 14.6 Å². The number of carbonyl (C=O) groups excluding carboxylic acids is 1. The quantitative estimate of drug-likeness (QED) is 0.851. The zero-order valence-electron chi connectivity index (χ0n) is 14.8. The van der Waals surface area contributed by atoms with Crippen LogP contribution in [0.2, 0.25) is 0 Å². The Kier molecular flexibility index (Phi) is 5.21. The maximum atomic E-state index is 12.5. The van der Waals surface area contributed by atoms with Crippen LogP contribution in [0, 0.1) is 6.92 Å². The molecule has 0 amide bonds. The third kappa shape index (κ3) is 4.27. The van der Waals surface area contributed by atoms with Crippen LogP contribution in [0.4, 0.5) is 0 Å². The highest BCUT2D eigenvalue weighted by molar-refractivity contribution is 5.80. The first-order chi connectivity index (χ1) is 11.9. The van der Waals surface area contributed by atoms with Gasteiger partial charge in [-0.2, -0.15) is 0 Å². The molecule has 0 radical (unpaired) electrons. The number of hydrogen-bond acceptors (Lipinski definition) is 4. The molecule has 4 heteroatoms. The Bertz CT molecular complexity index is 727. The lowest BCUT2D eigenvalue weighted by molar-refractivity contribution is -0.169. The van der Waals surface area contributed by atoms with E-state index in [2.05, 4.69) is 17.0 Å². The molecule has 2 unspecified atom stereocenters. The third-order valence-corrected chi connectivity index (χ3v) is 4.73. The van der Waals surface area contributed by atoms with E-state index in [1.54, 1.807) is 6.07 Å². The van der Waals surface area contributed by atoms with Crippen molar-refractivity contribution in [3.63, 3.8) is 0 Å². The molecule has 2 atom stereocenters. The van der Waals surface area contributed by atoms with Crippen LogP contribution in [0.3, 0.4) is 0 Å². The lowest BCUT2D eigenvalue weighted by Crippen LogP contribution is -2.37. The summed E-state index contributed by atoms with van der Waals surface area (Å²) in [6.07, 6.45) is 0.621. The van der Waals surface area contributed by atoms with Crippen LogP contribution < -0.4 is 0 Å². The van der Waals surface area contributed by atoms with Gasteiger partial charge in [0.2, 0.25) is 0 Å². The van der Waals surface area contributed by atoms with Crippen LogP contribution in [-0.4, -0.2) is 35.2 Å². The molecular formula is C21H25NO3. The molecule has 0 aliphatic carbocycles. The van der Waals surface area contributed by atoms with Crippen molar-refractivity contribution in [2.45, 2.75) is 38.5 Å². The van der Waals surface area contributed by atoms with Gasteiger partial charge in [-0.25, -0.2) is 4.79 Å². The van der Waals surface area contributed by atoms with Crippen LogP contribution in [0.1, 0.15) is 30.0 Å². The van der Waals surface area contributed by atoms with Crippen molar-refractivity contribution in [2.24, 2.45) is 0 Å². The second kappa shape index (κ2) is 7.38. The maximum absolute atomic E-state index is 12.5. The fourth-order valence-electron chi connectivity index (χ4n) is 3.21. The van der Waals surface area contributed by atoms with Gasteiger partial charge in [0, 0.05) is 19.6 Å². The summed E-state index contributed by atoms with van der Waals surface area (Å²) in [5, 5.41) is 10.7. The Hall–Kier alpha value is -2.17. The first-order valence-corrected chi connectivity index (χ1v) is 8.72. The highest BCUT2D eigenvalue weighted by atomic mass is 16.6. The zero-order valence-corrected chi connectivity index (χ0v) is 14.8. The minimum absolute atomic E-state index is 0.174. The van der Waals surface area contributed by atoms with Gasteiger partial charge in [0.15, 0.2) is 5.60 Å². The minimum atomic E-state index is -1.63. The fraction of sp³-hybridized carbons (Fsp3) is 0.381. The standard InChI is InChI=1S/C21H25NO3/c1-16-7-6-10-18(13-16)21(2,24)20(23)25-19-11-12-22(15-19)14-17-8-4-3-5-9-17/h3-10,13,19,24H,11-12,14-15H2,1-2H3. The van der Waals surface area contributed by atoms with Crippen molar-refractivity contribution in [3.8, 4) is 0 Å². The summed E-state index contributed by atoms with van der Waals surface area (Å²) in [4.78, 5) is 14.8. The maximum Gasteiger partial charge on any atom is 0.342 e. The summed E-state index contributed by atoms with van der Waals surface area (Å²) in [5.41, 5.74) is 1.19. The van der Waals surface area contributed by atoms with Gasteiger partial charge >= 0.3 is 5.97 Å². The predicted octanol–water partition coefficient (Wildman–Crippen LogP) is 3.02. The highest BCUT2D eigenvalue weighted by Gasteiger charge is 2.37. The Balaban J connectivity index is 1.58. The molecule has 132 valence electrons. The molecule has 1 heterocycles. The van der Waals surface area contributed by atoms with Gasteiger partial charge in [-0.15, -0.1) is 0 Å². The van der Waals surface area contributed by atoms with Crippen LogP contribution in [-0.2, 0) is 21.7 Å². The van der Waals surface area contributed by atoms with Crippen molar-refractivity contribution in [3.05, 3.63) is 71.3 Å². The van der Waals surface area contributed by atoms with Gasteiger partial charge in [-0.3, -0.25) is 4.90 Å². The predicted molar refractivity (Wildman–Crippen MR) is 97.0 cm³/mol. The van der Waals surface area contributed by atoms with Gasteiger partial charge in [0.25, 0.3) is 0 Å². The molecule has 0 bridgehead atoms.